The number of amidine groups is 1. The minimum atomic E-state index is -0.574. The number of benzene rings is 7. The van der Waals surface area contributed by atoms with Gasteiger partial charge in [0, 0.05) is 38.9 Å². The molecular formula is C55H44F2N4O. The summed E-state index contributed by atoms with van der Waals surface area (Å²) < 4.78 is 39.9. The fourth-order valence-corrected chi connectivity index (χ4v) is 8.25. The van der Waals surface area contributed by atoms with E-state index < -0.39 is 11.6 Å². The molecule has 2 unspecified atom stereocenters. The minimum absolute atomic E-state index is 0.0175. The summed E-state index contributed by atoms with van der Waals surface area (Å²) in [5.74, 6) is 0.551. The second kappa shape index (κ2) is 17.6. The number of nitrogens with zero attached hydrogens (tertiary/aromatic N) is 3. The molecule has 304 valence electrons. The highest BCUT2D eigenvalue weighted by molar-refractivity contribution is 6.03. The second-order valence-electron chi connectivity index (χ2n) is 15.4. The Balaban J connectivity index is 1.14. The molecule has 8 aromatic rings. The second-order valence-corrected chi connectivity index (χ2v) is 15.4. The topological polar surface area (TPSA) is 59.4 Å². The summed E-state index contributed by atoms with van der Waals surface area (Å²) in [6.45, 7) is 4.25. The van der Waals surface area contributed by atoms with Gasteiger partial charge < -0.3 is 10.1 Å². The molecule has 7 heteroatoms. The molecule has 0 saturated carbocycles. The average Bonchev–Trinajstić information content (AvgIpc) is 3.34. The van der Waals surface area contributed by atoms with Crippen LogP contribution in [0, 0.1) is 11.6 Å². The largest absolute Gasteiger partial charge is 0.495 e. The van der Waals surface area contributed by atoms with Gasteiger partial charge in [-0.15, -0.1) is 0 Å². The highest BCUT2D eigenvalue weighted by Crippen LogP contribution is 2.44. The van der Waals surface area contributed by atoms with Crippen molar-refractivity contribution in [2.75, 3.05) is 7.11 Å². The fraction of sp³-hybridized carbons (Fsp3) is 0.109. The normalized spacial score (nSPS) is 14.0. The fourth-order valence-electron chi connectivity index (χ4n) is 8.25. The van der Waals surface area contributed by atoms with E-state index >= 15 is 8.78 Å². The molecule has 2 heterocycles. The van der Waals surface area contributed by atoms with Crippen LogP contribution in [0.4, 0.5) is 8.78 Å². The number of para-hydroxylation sites is 1. The van der Waals surface area contributed by atoms with Crippen LogP contribution in [0.5, 0.6) is 5.75 Å². The van der Waals surface area contributed by atoms with Gasteiger partial charge in [-0.05, 0) is 64.9 Å². The smallest absolute Gasteiger partial charge is 0.160 e. The van der Waals surface area contributed by atoms with Crippen molar-refractivity contribution in [2.24, 2.45) is 4.99 Å². The van der Waals surface area contributed by atoms with Gasteiger partial charge in [-0.1, -0.05) is 166 Å². The van der Waals surface area contributed by atoms with Gasteiger partial charge in [0.15, 0.2) is 5.82 Å². The van der Waals surface area contributed by atoms with E-state index in [9.17, 15) is 0 Å². The molecule has 0 saturated heterocycles. The number of aliphatic imine (C=N–C) groups is 1. The number of nitrogens with one attached hydrogen (secondary N) is 1. The van der Waals surface area contributed by atoms with Crippen molar-refractivity contribution in [1.82, 2.24) is 15.3 Å². The van der Waals surface area contributed by atoms with Crippen LogP contribution in [0.3, 0.4) is 0 Å². The molecule has 0 aliphatic carbocycles. The van der Waals surface area contributed by atoms with E-state index in [0.717, 1.165) is 57.0 Å². The molecule has 0 bridgehead atoms. The molecule has 0 spiro atoms. The molecule has 1 aromatic heterocycles. The predicted molar refractivity (Wildman–Crippen MR) is 248 cm³/mol. The van der Waals surface area contributed by atoms with Crippen molar-refractivity contribution in [3.05, 3.63) is 216 Å². The lowest BCUT2D eigenvalue weighted by molar-refractivity contribution is 0.417. The van der Waals surface area contributed by atoms with E-state index in [4.69, 9.17) is 19.7 Å². The maximum atomic E-state index is 17.0. The van der Waals surface area contributed by atoms with Crippen molar-refractivity contribution in [1.29, 1.82) is 0 Å². The first-order chi connectivity index (χ1) is 30.4. The zero-order valence-corrected chi connectivity index (χ0v) is 34.7. The Morgan fingerprint density at radius 3 is 1.73 bits per heavy atom. The lowest BCUT2D eigenvalue weighted by Gasteiger charge is -2.29. The van der Waals surface area contributed by atoms with Gasteiger partial charge in [0.05, 0.1) is 30.2 Å². The molecule has 9 rings (SSSR count). The minimum Gasteiger partial charge on any atom is -0.495 e. The first kappa shape index (κ1) is 39.9. The summed E-state index contributed by atoms with van der Waals surface area (Å²) in [7, 11) is 1.54. The molecule has 0 radical (unpaired) electrons. The Hall–Kier alpha value is -7.51. The Labute approximate surface area is 361 Å². The first-order valence-corrected chi connectivity index (χ1v) is 20.9. The zero-order chi connectivity index (χ0) is 42.6. The third-order valence-corrected chi connectivity index (χ3v) is 11.5. The maximum absolute atomic E-state index is 17.0. The van der Waals surface area contributed by atoms with E-state index in [1.54, 1.807) is 6.07 Å². The first-order valence-electron chi connectivity index (χ1n) is 20.9. The lowest BCUT2D eigenvalue weighted by atomic mass is 9.83. The number of hydrogen-bond acceptors (Lipinski definition) is 5. The van der Waals surface area contributed by atoms with Crippen molar-refractivity contribution in [3.63, 3.8) is 0 Å². The van der Waals surface area contributed by atoms with Crippen LogP contribution in [-0.4, -0.2) is 22.9 Å². The molecule has 0 fully saturated rings. The monoisotopic (exact) mass is 814 g/mol. The molecule has 1 aliphatic heterocycles. The summed E-state index contributed by atoms with van der Waals surface area (Å²) in [5.41, 5.74) is 9.73. The molecule has 1 aliphatic rings. The van der Waals surface area contributed by atoms with Crippen molar-refractivity contribution in [2.45, 2.75) is 32.2 Å². The van der Waals surface area contributed by atoms with Crippen molar-refractivity contribution in [3.8, 4) is 61.9 Å². The Bertz CT molecular complexity index is 2880. The van der Waals surface area contributed by atoms with Crippen LogP contribution in [-0.2, 0) is 0 Å². The van der Waals surface area contributed by atoms with Gasteiger partial charge in [-0.2, -0.15) is 0 Å². The molecular weight excluding hydrogens is 771 g/mol. The summed E-state index contributed by atoms with van der Waals surface area (Å²) in [6.07, 6.45) is 2.91. The van der Waals surface area contributed by atoms with E-state index in [0.29, 0.717) is 34.0 Å². The predicted octanol–water partition coefficient (Wildman–Crippen LogP) is 13.7. The lowest BCUT2D eigenvalue weighted by Crippen LogP contribution is -2.32. The third kappa shape index (κ3) is 7.93. The molecule has 2 atom stereocenters. The number of aromatic nitrogens is 2. The van der Waals surface area contributed by atoms with Crippen molar-refractivity contribution >= 4 is 11.5 Å². The van der Waals surface area contributed by atoms with E-state index in [-0.39, 0.29) is 23.1 Å². The highest BCUT2D eigenvalue weighted by atomic mass is 19.1. The van der Waals surface area contributed by atoms with Gasteiger partial charge >= 0.3 is 0 Å². The van der Waals surface area contributed by atoms with Gasteiger partial charge in [-0.3, -0.25) is 0 Å². The molecule has 62 heavy (non-hydrogen) atoms. The molecule has 7 aromatic carbocycles. The van der Waals surface area contributed by atoms with E-state index in [2.05, 4.69) is 31.3 Å². The standard InChI is InChI=1S/C55H44F2N4O/c1-4-35(2)52-40(27-17-29-42(52)50-33-48(36-19-9-5-10-20-36)58-54(60-50)38-23-13-7-14-24-38)44-31-47(57)45(32-46(44)56)41-28-18-30-43(53(41)62-3)51-34-49(37-21-11-6-12-22-37)59-55(61-51)39-25-15-8-16-26-39/h5-35,50H,4H2,1-3H3,(H,58,60). The number of rotatable bonds is 11. The number of halogens is 2. The van der Waals surface area contributed by atoms with Crippen LogP contribution in [0.25, 0.3) is 61.9 Å². The van der Waals surface area contributed by atoms with Crippen LogP contribution in [0.1, 0.15) is 54.5 Å². The molecule has 0 amide bonds. The molecule has 1 N–H and O–H groups in total. The Morgan fingerprint density at radius 1 is 0.565 bits per heavy atom. The van der Waals surface area contributed by atoms with E-state index in [1.807, 2.05) is 152 Å². The maximum Gasteiger partial charge on any atom is 0.160 e. The van der Waals surface area contributed by atoms with Gasteiger partial charge in [0.1, 0.15) is 23.2 Å². The number of hydrogen-bond donors (Lipinski definition) is 1. The average molecular weight is 815 g/mol. The summed E-state index contributed by atoms with van der Waals surface area (Å²) in [4.78, 5) is 15.0. The third-order valence-electron chi connectivity index (χ3n) is 11.5. The van der Waals surface area contributed by atoms with Crippen molar-refractivity contribution < 1.29 is 13.5 Å². The number of methoxy groups -OCH3 is 1. The summed E-state index contributed by atoms with van der Waals surface area (Å²) in [5, 5.41) is 3.68. The van der Waals surface area contributed by atoms with Crippen LogP contribution >= 0.6 is 0 Å². The zero-order valence-electron chi connectivity index (χ0n) is 34.7. The van der Waals surface area contributed by atoms with Gasteiger partial charge in [0.2, 0.25) is 0 Å². The van der Waals surface area contributed by atoms with Crippen LogP contribution in [0.15, 0.2) is 187 Å². The summed E-state index contributed by atoms with van der Waals surface area (Å²) in [6, 6.07) is 55.3. The molecule has 5 nitrogen and oxygen atoms in total. The van der Waals surface area contributed by atoms with E-state index in [1.165, 1.54) is 19.2 Å². The summed E-state index contributed by atoms with van der Waals surface area (Å²) >= 11 is 0. The quantitative estimate of drug-likeness (QED) is 0.141. The SMILES string of the molecule is CCC(C)c1c(-c2cc(F)c(-c3cccc(-c4cc(-c5ccccc5)nc(-c5ccccc5)n4)c3OC)cc2F)cccc1C1C=C(c2ccccc2)N=C(c2ccccc2)N1. The van der Waals surface area contributed by atoms with Gasteiger partial charge in [-0.25, -0.2) is 23.7 Å². The highest BCUT2D eigenvalue weighted by Gasteiger charge is 2.27. The van der Waals surface area contributed by atoms with Crippen LogP contribution < -0.4 is 10.1 Å². The Morgan fingerprint density at radius 2 is 1.10 bits per heavy atom. The Kier molecular flexibility index (Phi) is 11.3. The van der Waals surface area contributed by atoms with Gasteiger partial charge in [0.25, 0.3) is 0 Å². The number of ether oxygens (including phenoxy) is 1. The van der Waals surface area contributed by atoms with Crippen LogP contribution in [0.2, 0.25) is 0 Å².